The van der Waals surface area contributed by atoms with Crippen molar-refractivity contribution in [2.24, 2.45) is 0 Å². The predicted molar refractivity (Wildman–Crippen MR) is 71.4 cm³/mol. The van der Waals surface area contributed by atoms with Gasteiger partial charge in [0.1, 0.15) is 18.1 Å². The van der Waals surface area contributed by atoms with Gasteiger partial charge in [-0.1, -0.05) is 6.07 Å². The molecule has 0 aliphatic carbocycles. The van der Waals surface area contributed by atoms with E-state index in [4.69, 9.17) is 19.5 Å². The third-order valence-corrected chi connectivity index (χ3v) is 2.64. The highest BCUT2D eigenvalue weighted by molar-refractivity contribution is 6.59. The number of nitrogens with zero attached hydrogens (tertiary/aromatic N) is 1. The Morgan fingerprint density at radius 1 is 1.16 bits per heavy atom. The molecule has 0 radical (unpaired) electrons. The summed E-state index contributed by atoms with van der Waals surface area (Å²) in [5.74, 6) is 0.972. The van der Waals surface area contributed by atoms with Crippen molar-refractivity contribution in [2.75, 3.05) is 7.11 Å². The number of hydrogen-bond acceptors (Lipinski definition) is 5. The fourth-order valence-electron chi connectivity index (χ4n) is 1.64. The maximum absolute atomic E-state index is 9.16. The Bertz CT molecular complexity index is 533. The highest BCUT2D eigenvalue weighted by Crippen LogP contribution is 2.18. The minimum absolute atomic E-state index is 0.304. The Balaban J connectivity index is 2.09. The molecule has 0 amide bonds. The van der Waals surface area contributed by atoms with Crippen molar-refractivity contribution in [1.82, 2.24) is 4.98 Å². The molecule has 1 aromatic carbocycles. The lowest BCUT2D eigenvalue weighted by molar-refractivity contribution is 0.303. The van der Waals surface area contributed by atoms with Gasteiger partial charge in [-0.15, -0.1) is 0 Å². The van der Waals surface area contributed by atoms with E-state index in [1.165, 1.54) is 7.11 Å². The van der Waals surface area contributed by atoms with E-state index >= 15 is 0 Å². The summed E-state index contributed by atoms with van der Waals surface area (Å²) >= 11 is 0. The molecule has 0 fully saturated rings. The molecule has 0 aliphatic rings. The van der Waals surface area contributed by atoms with E-state index in [9.17, 15) is 0 Å². The second kappa shape index (κ2) is 6.22. The Morgan fingerprint density at radius 3 is 2.53 bits per heavy atom. The average Bonchev–Trinajstić information content (AvgIpc) is 2.45. The molecule has 19 heavy (non-hydrogen) atoms. The van der Waals surface area contributed by atoms with Crippen LogP contribution < -0.4 is 14.9 Å². The number of ether oxygens (including phenoxy) is 2. The Kier molecular flexibility index (Phi) is 4.38. The van der Waals surface area contributed by atoms with Gasteiger partial charge in [0.25, 0.3) is 0 Å². The van der Waals surface area contributed by atoms with E-state index in [1.807, 2.05) is 12.1 Å². The normalized spacial score (nSPS) is 10.1. The quantitative estimate of drug-likeness (QED) is 0.758. The van der Waals surface area contributed by atoms with E-state index in [0.29, 0.717) is 23.6 Å². The van der Waals surface area contributed by atoms with Crippen LogP contribution in [0, 0.1) is 0 Å². The molecule has 5 nitrogen and oxygen atoms in total. The zero-order valence-electron chi connectivity index (χ0n) is 10.5. The predicted octanol–water partition coefficient (Wildman–Crippen LogP) is 0.349. The van der Waals surface area contributed by atoms with Gasteiger partial charge in [-0.2, -0.15) is 0 Å². The van der Waals surface area contributed by atoms with Crippen molar-refractivity contribution in [1.29, 1.82) is 0 Å². The Hall–Kier alpha value is -2.05. The largest absolute Gasteiger partial charge is 0.497 e. The molecule has 0 atom stereocenters. The highest BCUT2D eigenvalue weighted by atomic mass is 16.5. The van der Waals surface area contributed by atoms with Gasteiger partial charge in [0, 0.05) is 23.9 Å². The molecule has 0 aliphatic heterocycles. The molecule has 98 valence electrons. The highest BCUT2D eigenvalue weighted by Gasteiger charge is 2.17. The average molecular weight is 259 g/mol. The maximum atomic E-state index is 9.16. The standard InChI is InChI=1S/C13H14BNO4/c1-18-13-8-11(2-3-12(13)14(16)17)19-9-10-4-6-15-7-5-10/h2-8,16-17H,9H2,1H3. The van der Waals surface area contributed by atoms with E-state index in [-0.39, 0.29) is 0 Å². The van der Waals surface area contributed by atoms with Crippen LogP contribution in [0.2, 0.25) is 0 Å². The van der Waals surface area contributed by atoms with Crippen molar-refractivity contribution >= 4 is 12.6 Å². The van der Waals surface area contributed by atoms with Crippen molar-refractivity contribution in [3.63, 3.8) is 0 Å². The summed E-state index contributed by atoms with van der Waals surface area (Å²) < 4.78 is 10.7. The van der Waals surface area contributed by atoms with Gasteiger partial charge >= 0.3 is 7.12 Å². The smallest absolute Gasteiger partial charge is 0.492 e. The van der Waals surface area contributed by atoms with Crippen molar-refractivity contribution in [3.05, 3.63) is 48.3 Å². The monoisotopic (exact) mass is 259 g/mol. The van der Waals surface area contributed by atoms with Gasteiger partial charge in [-0.3, -0.25) is 4.98 Å². The Labute approximate surface area is 111 Å². The first-order valence-corrected chi connectivity index (χ1v) is 5.76. The number of pyridine rings is 1. The first-order chi connectivity index (χ1) is 9.20. The molecule has 0 saturated heterocycles. The summed E-state index contributed by atoms with van der Waals surface area (Å²) in [7, 11) is -0.0994. The van der Waals surface area contributed by atoms with E-state index in [2.05, 4.69) is 4.98 Å². The lowest BCUT2D eigenvalue weighted by Gasteiger charge is -2.11. The summed E-state index contributed by atoms with van der Waals surface area (Å²) in [4.78, 5) is 3.93. The minimum Gasteiger partial charge on any atom is -0.497 e. The summed E-state index contributed by atoms with van der Waals surface area (Å²) in [6.07, 6.45) is 3.40. The summed E-state index contributed by atoms with van der Waals surface area (Å²) in [6, 6.07) is 8.58. The van der Waals surface area contributed by atoms with Gasteiger partial charge in [0.05, 0.1) is 7.11 Å². The number of aromatic nitrogens is 1. The van der Waals surface area contributed by atoms with Crippen LogP contribution in [0.3, 0.4) is 0 Å². The van der Waals surface area contributed by atoms with Crippen molar-refractivity contribution in [3.8, 4) is 11.5 Å². The van der Waals surface area contributed by atoms with Crippen molar-refractivity contribution < 1.29 is 19.5 Å². The van der Waals surface area contributed by atoms with E-state index in [1.54, 1.807) is 30.6 Å². The topological polar surface area (TPSA) is 71.8 Å². The first kappa shape index (κ1) is 13.4. The second-order valence-electron chi connectivity index (χ2n) is 3.92. The molecule has 0 spiro atoms. The molecule has 2 aromatic rings. The van der Waals surface area contributed by atoms with Gasteiger partial charge in [-0.05, 0) is 23.8 Å². The lowest BCUT2D eigenvalue weighted by Crippen LogP contribution is -2.31. The van der Waals surface area contributed by atoms with Crippen LogP contribution in [0.25, 0.3) is 0 Å². The number of benzene rings is 1. The molecule has 1 heterocycles. The summed E-state index contributed by atoms with van der Waals surface area (Å²) in [5, 5.41) is 18.3. The van der Waals surface area contributed by atoms with Crippen LogP contribution in [-0.2, 0) is 6.61 Å². The fraction of sp³-hybridized carbons (Fsp3) is 0.154. The van der Waals surface area contributed by atoms with E-state index in [0.717, 1.165) is 5.56 Å². The number of hydrogen-bond donors (Lipinski definition) is 2. The molecule has 0 bridgehead atoms. The molecule has 1 aromatic heterocycles. The minimum atomic E-state index is -1.57. The van der Waals surface area contributed by atoms with Crippen molar-refractivity contribution in [2.45, 2.75) is 6.61 Å². The molecule has 0 unspecified atom stereocenters. The number of rotatable bonds is 5. The Morgan fingerprint density at radius 2 is 1.89 bits per heavy atom. The van der Waals surface area contributed by atoms with Crippen LogP contribution in [-0.4, -0.2) is 29.3 Å². The zero-order chi connectivity index (χ0) is 13.7. The van der Waals surface area contributed by atoms with Gasteiger partial charge in [-0.25, -0.2) is 0 Å². The van der Waals surface area contributed by atoms with Gasteiger partial charge in [0.15, 0.2) is 0 Å². The van der Waals surface area contributed by atoms with Crippen LogP contribution in [0.15, 0.2) is 42.7 Å². The second-order valence-corrected chi connectivity index (χ2v) is 3.92. The van der Waals surface area contributed by atoms with Crippen LogP contribution in [0.4, 0.5) is 0 Å². The van der Waals surface area contributed by atoms with Crippen LogP contribution >= 0.6 is 0 Å². The van der Waals surface area contributed by atoms with Crippen LogP contribution in [0.1, 0.15) is 5.56 Å². The zero-order valence-corrected chi connectivity index (χ0v) is 10.5. The van der Waals surface area contributed by atoms with Gasteiger partial charge < -0.3 is 19.5 Å². The van der Waals surface area contributed by atoms with Crippen LogP contribution in [0.5, 0.6) is 11.5 Å². The molecule has 6 heteroatoms. The molecular weight excluding hydrogens is 245 g/mol. The van der Waals surface area contributed by atoms with Gasteiger partial charge in [0.2, 0.25) is 0 Å². The molecule has 0 saturated carbocycles. The third-order valence-electron chi connectivity index (χ3n) is 2.64. The SMILES string of the molecule is COc1cc(OCc2ccncc2)ccc1B(O)O. The first-order valence-electron chi connectivity index (χ1n) is 5.76. The maximum Gasteiger partial charge on any atom is 0.492 e. The summed E-state index contributed by atoms with van der Waals surface area (Å²) in [6.45, 7) is 0.409. The lowest BCUT2D eigenvalue weighted by atomic mass is 9.79. The van der Waals surface area contributed by atoms with E-state index < -0.39 is 7.12 Å². The number of methoxy groups -OCH3 is 1. The molecule has 2 rings (SSSR count). The molecule has 2 N–H and O–H groups in total. The summed E-state index contributed by atoms with van der Waals surface area (Å²) in [5.41, 5.74) is 1.30. The fourth-order valence-corrected chi connectivity index (χ4v) is 1.64. The molecular formula is C13H14BNO4. The third kappa shape index (κ3) is 3.46.